The molecule has 20 heavy (non-hydrogen) atoms. The zero-order valence-corrected chi connectivity index (χ0v) is 12.8. The van der Waals surface area contributed by atoms with Gasteiger partial charge in [-0.3, -0.25) is 0 Å². The summed E-state index contributed by atoms with van der Waals surface area (Å²) >= 11 is 0. The van der Waals surface area contributed by atoms with Gasteiger partial charge in [-0.25, -0.2) is 9.97 Å². The lowest BCUT2D eigenvalue weighted by Crippen LogP contribution is -2.24. The van der Waals surface area contributed by atoms with E-state index in [1.165, 1.54) is 16.7 Å². The number of rotatable bonds is 5. The Kier molecular flexibility index (Phi) is 4.85. The maximum absolute atomic E-state index is 4.56. The molecule has 1 aromatic carbocycles. The maximum Gasteiger partial charge on any atom is 0.125 e. The summed E-state index contributed by atoms with van der Waals surface area (Å²) < 4.78 is 0. The van der Waals surface area contributed by atoms with Gasteiger partial charge in [-0.05, 0) is 45.4 Å². The Hall–Kier alpha value is -1.74. The zero-order valence-electron chi connectivity index (χ0n) is 12.8. The Labute approximate surface area is 121 Å². The molecule has 1 N–H and O–H groups in total. The van der Waals surface area contributed by atoms with E-state index in [9.17, 15) is 0 Å². The van der Waals surface area contributed by atoms with E-state index in [1.54, 1.807) is 0 Å². The number of likely N-dealkylation sites (N-methyl/N-ethyl adjacent to an activating group) is 1. The molecule has 0 amide bonds. The number of benzene rings is 1. The van der Waals surface area contributed by atoms with Gasteiger partial charge in [0.05, 0.1) is 11.7 Å². The molecule has 106 valence electrons. The van der Waals surface area contributed by atoms with Crippen molar-refractivity contribution < 1.29 is 0 Å². The molecule has 0 bridgehead atoms. The van der Waals surface area contributed by atoms with Crippen molar-refractivity contribution in [2.45, 2.75) is 40.2 Å². The number of hydrogen-bond acceptors (Lipinski definition) is 3. The summed E-state index contributed by atoms with van der Waals surface area (Å²) in [7, 11) is 0. The molecule has 0 fully saturated rings. The van der Waals surface area contributed by atoms with Crippen molar-refractivity contribution in [2.24, 2.45) is 0 Å². The van der Waals surface area contributed by atoms with E-state index < -0.39 is 0 Å². The van der Waals surface area contributed by atoms with Crippen LogP contribution in [-0.2, 0) is 6.42 Å². The van der Waals surface area contributed by atoms with Crippen LogP contribution < -0.4 is 5.32 Å². The summed E-state index contributed by atoms with van der Waals surface area (Å²) in [6, 6.07) is 8.96. The van der Waals surface area contributed by atoms with E-state index in [-0.39, 0.29) is 6.04 Å². The van der Waals surface area contributed by atoms with Crippen molar-refractivity contribution in [1.29, 1.82) is 0 Å². The summed E-state index contributed by atoms with van der Waals surface area (Å²) in [5, 5.41) is 3.52. The molecule has 0 aliphatic heterocycles. The molecule has 0 aliphatic rings. The molecule has 0 spiro atoms. The van der Waals surface area contributed by atoms with Gasteiger partial charge in [-0.1, -0.05) is 36.2 Å². The lowest BCUT2D eigenvalue weighted by Gasteiger charge is -2.18. The highest BCUT2D eigenvalue weighted by atomic mass is 15.0. The van der Waals surface area contributed by atoms with Crippen molar-refractivity contribution in [3.05, 3.63) is 58.7 Å². The lowest BCUT2D eigenvalue weighted by atomic mass is 9.99. The quantitative estimate of drug-likeness (QED) is 0.905. The van der Waals surface area contributed by atoms with Gasteiger partial charge >= 0.3 is 0 Å². The molecular formula is C17H23N3. The molecule has 3 heteroatoms. The maximum atomic E-state index is 4.56. The van der Waals surface area contributed by atoms with Crippen LogP contribution >= 0.6 is 0 Å². The van der Waals surface area contributed by atoms with Crippen molar-refractivity contribution in [1.82, 2.24) is 15.3 Å². The first-order valence-corrected chi connectivity index (χ1v) is 7.18. The third-order valence-electron chi connectivity index (χ3n) is 3.33. The molecule has 1 unspecified atom stereocenters. The number of aryl methyl sites for hydroxylation is 3. The van der Waals surface area contributed by atoms with Crippen LogP contribution in [0.2, 0.25) is 0 Å². The molecule has 0 aliphatic carbocycles. The Morgan fingerprint density at radius 3 is 2.40 bits per heavy atom. The molecule has 0 radical (unpaired) electrons. The predicted octanol–water partition coefficient (Wildman–Crippen LogP) is 3.30. The highest BCUT2D eigenvalue weighted by molar-refractivity contribution is 5.30. The fourth-order valence-corrected chi connectivity index (χ4v) is 2.62. The SMILES string of the molecule is CCNC(Cc1cc(C)cc(C)c1)c1ccnc(C)n1. The minimum absolute atomic E-state index is 0.239. The van der Waals surface area contributed by atoms with Crippen LogP contribution in [0.25, 0.3) is 0 Å². The summed E-state index contributed by atoms with van der Waals surface area (Å²) in [4.78, 5) is 8.74. The molecule has 1 atom stereocenters. The Bertz CT molecular complexity index is 558. The van der Waals surface area contributed by atoms with Crippen LogP contribution in [0.4, 0.5) is 0 Å². The van der Waals surface area contributed by atoms with Gasteiger partial charge in [0.15, 0.2) is 0 Å². The van der Waals surface area contributed by atoms with Gasteiger partial charge in [-0.2, -0.15) is 0 Å². The molecule has 1 aromatic heterocycles. The molecule has 2 rings (SSSR count). The lowest BCUT2D eigenvalue weighted by molar-refractivity contribution is 0.534. The van der Waals surface area contributed by atoms with Gasteiger partial charge in [0.25, 0.3) is 0 Å². The van der Waals surface area contributed by atoms with Crippen molar-refractivity contribution in [2.75, 3.05) is 6.54 Å². The molecule has 0 saturated heterocycles. The standard InChI is InChI=1S/C17H23N3/c1-5-18-17(16-6-7-19-14(4)20-16)11-15-9-12(2)8-13(3)10-15/h6-10,17-18H,5,11H2,1-4H3. The zero-order chi connectivity index (χ0) is 14.5. The van der Waals surface area contributed by atoms with Gasteiger partial charge in [0, 0.05) is 6.20 Å². The van der Waals surface area contributed by atoms with Crippen LogP contribution in [-0.4, -0.2) is 16.5 Å². The predicted molar refractivity (Wildman–Crippen MR) is 82.8 cm³/mol. The molecule has 1 heterocycles. The third kappa shape index (κ3) is 3.87. The van der Waals surface area contributed by atoms with E-state index in [4.69, 9.17) is 0 Å². The Morgan fingerprint density at radius 1 is 1.10 bits per heavy atom. The summed E-state index contributed by atoms with van der Waals surface area (Å²) in [6.07, 6.45) is 2.79. The van der Waals surface area contributed by atoms with E-state index in [2.05, 4.69) is 54.3 Å². The summed E-state index contributed by atoms with van der Waals surface area (Å²) in [5.74, 6) is 0.825. The second-order valence-electron chi connectivity index (χ2n) is 5.34. The number of nitrogens with zero attached hydrogens (tertiary/aromatic N) is 2. The summed E-state index contributed by atoms with van der Waals surface area (Å²) in [6.45, 7) is 9.28. The highest BCUT2D eigenvalue weighted by Gasteiger charge is 2.13. The topological polar surface area (TPSA) is 37.8 Å². The van der Waals surface area contributed by atoms with Crippen LogP contribution in [0.15, 0.2) is 30.5 Å². The largest absolute Gasteiger partial charge is 0.309 e. The Balaban J connectivity index is 2.25. The number of nitrogens with one attached hydrogen (secondary N) is 1. The second kappa shape index (κ2) is 6.62. The third-order valence-corrected chi connectivity index (χ3v) is 3.33. The fourth-order valence-electron chi connectivity index (χ4n) is 2.62. The first kappa shape index (κ1) is 14.7. The molecule has 0 saturated carbocycles. The van der Waals surface area contributed by atoms with Gasteiger partial charge in [0.2, 0.25) is 0 Å². The van der Waals surface area contributed by atoms with Crippen molar-refractivity contribution in [3.63, 3.8) is 0 Å². The van der Waals surface area contributed by atoms with E-state index in [0.29, 0.717) is 0 Å². The van der Waals surface area contributed by atoms with E-state index in [0.717, 1.165) is 24.5 Å². The minimum atomic E-state index is 0.239. The second-order valence-corrected chi connectivity index (χ2v) is 5.34. The monoisotopic (exact) mass is 269 g/mol. The normalized spacial score (nSPS) is 12.4. The smallest absolute Gasteiger partial charge is 0.125 e. The minimum Gasteiger partial charge on any atom is -0.309 e. The average Bonchev–Trinajstić information content (AvgIpc) is 2.37. The number of hydrogen-bond donors (Lipinski definition) is 1. The first-order chi connectivity index (χ1) is 9.58. The van der Waals surface area contributed by atoms with Crippen LogP contribution in [0.3, 0.4) is 0 Å². The first-order valence-electron chi connectivity index (χ1n) is 7.18. The van der Waals surface area contributed by atoms with Crippen LogP contribution in [0.1, 0.15) is 41.2 Å². The van der Waals surface area contributed by atoms with Crippen molar-refractivity contribution >= 4 is 0 Å². The molecular weight excluding hydrogens is 246 g/mol. The van der Waals surface area contributed by atoms with Gasteiger partial charge in [-0.15, -0.1) is 0 Å². The van der Waals surface area contributed by atoms with E-state index >= 15 is 0 Å². The van der Waals surface area contributed by atoms with Crippen LogP contribution in [0, 0.1) is 20.8 Å². The van der Waals surface area contributed by atoms with Crippen LogP contribution in [0.5, 0.6) is 0 Å². The average molecular weight is 269 g/mol. The van der Waals surface area contributed by atoms with Gasteiger partial charge in [0.1, 0.15) is 5.82 Å². The summed E-state index contributed by atoms with van der Waals surface area (Å²) in [5.41, 5.74) is 5.05. The van der Waals surface area contributed by atoms with E-state index in [1.807, 2.05) is 19.2 Å². The highest BCUT2D eigenvalue weighted by Crippen LogP contribution is 2.18. The van der Waals surface area contributed by atoms with Crippen molar-refractivity contribution in [3.8, 4) is 0 Å². The molecule has 3 nitrogen and oxygen atoms in total. The molecule has 2 aromatic rings. The Morgan fingerprint density at radius 2 is 1.80 bits per heavy atom. The fraction of sp³-hybridized carbons (Fsp3) is 0.412. The van der Waals surface area contributed by atoms with Gasteiger partial charge < -0.3 is 5.32 Å². The number of aromatic nitrogens is 2.